The minimum absolute atomic E-state index is 0.0102. The molecule has 6 nitrogen and oxygen atoms in total. The molecule has 124 valence electrons. The fourth-order valence-electron chi connectivity index (χ4n) is 2.96. The third-order valence-corrected chi connectivity index (χ3v) is 4.50. The van der Waals surface area contributed by atoms with Crippen LogP contribution in [-0.4, -0.2) is 53.0 Å². The number of benzene rings is 1. The predicted octanol–water partition coefficient (Wildman–Crippen LogP) is 2.01. The van der Waals surface area contributed by atoms with Crippen molar-refractivity contribution in [2.24, 2.45) is 0 Å². The molecule has 0 unspecified atom stereocenters. The van der Waals surface area contributed by atoms with Gasteiger partial charge in [0.15, 0.2) is 0 Å². The Balaban J connectivity index is 1.39. The summed E-state index contributed by atoms with van der Waals surface area (Å²) in [5, 5.41) is 3.31. The predicted molar refractivity (Wildman–Crippen MR) is 93.2 cm³/mol. The Morgan fingerprint density at radius 3 is 2.50 bits per heavy atom. The van der Waals surface area contributed by atoms with E-state index in [1.807, 2.05) is 23.1 Å². The van der Waals surface area contributed by atoms with Crippen molar-refractivity contribution in [1.29, 1.82) is 0 Å². The topological polar surface area (TPSA) is 61.4 Å². The molecular weight excluding hydrogens is 302 g/mol. The second-order valence-electron chi connectivity index (χ2n) is 6.32. The van der Waals surface area contributed by atoms with Crippen LogP contribution in [0.25, 0.3) is 0 Å². The molecule has 1 saturated heterocycles. The molecule has 2 fully saturated rings. The third-order valence-electron chi connectivity index (χ3n) is 4.50. The number of nitrogens with zero attached hydrogens (tertiary/aromatic N) is 4. The van der Waals surface area contributed by atoms with E-state index in [2.05, 4.69) is 32.3 Å². The average molecular weight is 323 g/mol. The van der Waals surface area contributed by atoms with Gasteiger partial charge in [-0.3, -0.25) is 4.79 Å². The van der Waals surface area contributed by atoms with Gasteiger partial charge in [-0.15, -0.1) is 0 Å². The Hall–Kier alpha value is -2.63. The van der Waals surface area contributed by atoms with Crippen molar-refractivity contribution < 1.29 is 4.79 Å². The first-order valence-electron chi connectivity index (χ1n) is 8.47. The molecule has 1 aliphatic heterocycles. The lowest BCUT2D eigenvalue weighted by atomic mass is 10.2. The van der Waals surface area contributed by atoms with Crippen LogP contribution in [-0.2, 0) is 0 Å². The lowest BCUT2D eigenvalue weighted by Crippen LogP contribution is -2.49. The van der Waals surface area contributed by atoms with Gasteiger partial charge in [-0.1, -0.05) is 18.2 Å². The fourth-order valence-corrected chi connectivity index (χ4v) is 2.96. The summed E-state index contributed by atoms with van der Waals surface area (Å²) in [6, 6.07) is 12.6. The van der Waals surface area contributed by atoms with Gasteiger partial charge in [0, 0.05) is 44.0 Å². The van der Waals surface area contributed by atoms with Crippen LogP contribution in [0.4, 0.5) is 11.5 Å². The standard InChI is InChI=1S/C18H21N5O/c24-18(16-12-17(20-13-19-16)21-14-6-7-14)23-10-8-22(9-11-23)15-4-2-1-3-5-15/h1-5,12-14H,6-11H2,(H,19,20,21). The zero-order chi connectivity index (χ0) is 16.4. The van der Waals surface area contributed by atoms with Crippen molar-refractivity contribution in [3.05, 3.63) is 48.4 Å². The Labute approximate surface area is 141 Å². The number of amides is 1. The fraction of sp³-hybridized carbons (Fsp3) is 0.389. The SMILES string of the molecule is O=C(c1cc(NC2CC2)ncn1)N1CCN(c2ccccc2)CC1. The Kier molecular flexibility index (Phi) is 4.02. The number of hydrogen-bond acceptors (Lipinski definition) is 5. The van der Waals surface area contributed by atoms with Crippen LogP contribution in [0.5, 0.6) is 0 Å². The van der Waals surface area contributed by atoms with Crippen molar-refractivity contribution in [1.82, 2.24) is 14.9 Å². The smallest absolute Gasteiger partial charge is 0.272 e. The summed E-state index contributed by atoms with van der Waals surface area (Å²) in [6.45, 7) is 3.11. The van der Waals surface area contributed by atoms with Crippen LogP contribution in [0.2, 0.25) is 0 Å². The van der Waals surface area contributed by atoms with E-state index in [4.69, 9.17) is 0 Å². The molecule has 1 aliphatic carbocycles. The van der Waals surface area contributed by atoms with Gasteiger partial charge in [0.05, 0.1) is 0 Å². The maximum absolute atomic E-state index is 12.7. The second kappa shape index (κ2) is 6.47. The monoisotopic (exact) mass is 323 g/mol. The van der Waals surface area contributed by atoms with Gasteiger partial charge >= 0.3 is 0 Å². The average Bonchev–Trinajstić information content (AvgIpc) is 3.46. The van der Waals surface area contributed by atoms with E-state index in [1.165, 1.54) is 24.9 Å². The van der Waals surface area contributed by atoms with Crippen LogP contribution >= 0.6 is 0 Å². The molecule has 2 aliphatic rings. The van der Waals surface area contributed by atoms with Crippen molar-refractivity contribution >= 4 is 17.4 Å². The van der Waals surface area contributed by atoms with Crippen molar-refractivity contribution in [3.63, 3.8) is 0 Å². The van der Waals surface area contributed by atoms with E-state index in [9.17, 15) is 4.79 Å². The highest BCUT2D eigenvalue weighted by Gasteiger charge is 2.25. The number of para-hydroxylation sites is 1. The van der Waals surface area contributed by atoms with E-state index in [0.29, 0.717) is 24.8 Å². The van der Waals surface area contributed by atoms with Crippen LogP contribution in [0.3, 0.4) is 0 Å². The van der Waals surface area contributed by atoms with Crippen molar-refractivity contribution in [2.45, 2.75) is 18.9 Å². The second-order valence-corrected chi connectivity index (χ2v) is 6.32. The van der Waals surface area contributed by atoms with E-state index in [-0.39, 0.29) is 5.91 Å². The van der Waals surface area contributed by atoms with E-state index in [0.717, 1.165) is 18.9 Å². The van der Waals surface area contributed by atoms with Crippen LogP contribution < -0.4 is 10.2 Å². The first kappa shape index (κ1) is 14.9. The molecule has 2 aromatic rings. The molecule has 1 N–H and O–H groups in total. The summed E-state index contributed by atoms with van der Waals surface area (Å²) in [5.41, 5.74) is 1.68. The molecule has 24 heavy (non-hydrogen) atoms. The quantitative estimate of drug-likeness (QED) is 0.933. The highest BCUT2D eigenvalue weighted by molar-refractivity contribution is 5.93. The molecule has 0 atom stereocenters. The molecule has 0 bridgehead atoms. The summed E-state index contributed by atoms with van der Waals surface area (Å²) in [7, 11) is 0. The van der Waals surface area contributed by atoms with Gasteiger partial charge in [0.2, 0.25) is 0 Å². The lowest BCUT2D eigenvalue weighted by Gasteiger charge is -2.36. The number of rotatable bonds is 4. The third kappa shape index (κ3) is 3.32. The molecule has 1 aromatic carbocycles. The van der Waals surface area contributed by atoms with Gasteiger partial charge in [0.1, 0.15) is 17.8 Å². The minimum Gasteiger partial charge on any atom is -0.368 e. The normalized spacial score (nSPS) is 17.7. The number of carbonyl (C=O) groups is 1. The highest BCUT2D eigenvalue weighted by Crippen LogP contribution is 2.24. The van der Waals surface area contributed by atoms with Crippen LogP contribution in [0.1, 0.15) is 23.3 Å². The number of anilines is 2. The number of hydrogen-bond donors (Lipinski definition) is 1. The summed E-state index contributed by atoms with van der Waals surface area (Å²) < 4.78 is 0. The summed E-state index contributed by atoms with van der Waals surface area (Å²) in [5.74, 6) is 0.739. The van der Waals surface area contributed by atoms with Gasteiger partial charge in [0.25, 0.3) is 5.91 Å². The number of nitrogens with one attached hydrogen (secondary N) is 1. The maximum atomic E-state index is 12.7. The maximum Gasteiger partial charge on any atom is 0.272 e. The van der Waals surface area contributed by atoms with Gasteiger partial charge in [-0.05, 0) is 25.0 Å². The molecule has 1 aromatic heterocycles. The molecule has 2 heterocycles. The molecule has 4 rings (SSSR count). The Morgan fingerprint density at radius 1 is 1.04 bits per heavy atom. The van der Waals surface area contributed by atoms with Gasteiger partial charge in [-0.25, -0.2) is 9.97 Å². The van der Waals surface area contributed by atoms with Gasteiger partial charge in [-0.2, -0.15) is 0 Å². The van der Waals surface area contributed by atoms with Crippen LogP contribution in [0.15, 0.2) is 42.7 Å². The zero-order valence-corrected chi connectivity index (χ0v) is 13.6. The van der Waals surface area contributed by atoms with Crippen molar-refractivity contribution in [2.75, 3.05) is 36.4 Å². The zero-order valence-electron chi connectivity index (χ0n) is 13.6. The largest absolute Gasteiger partial charge is 0.368 e. The number of carbonyl (C=O) groups excluding carboxylic acids is 1. The van der Waals surface area contributed by atoms with Crippen molar-refractivity contribution in [3.8, 4) is 0 Å². The van der Waals surface area contributed by atoms with Crippen LogP contribution in [0, 0.1) is 0 Å². The first-order valence-corrected chi connectivity index (χ1v) is 8.47. The molecule has 0 radical (unpaired) electrons. The molecule has 1 saturated carbocycles. The summed E-state index contributed by atoms with van der Waals surface area (Å²) >= 11 is 0. The van der Waals surface area contributed by atoms with E-state index >= 15 is 0 Å². The first-order chi connectivity index (χ1) is 11.8. The van der Waals surface area contributed by atoms with E-state index in [1.54, 1.807) is 6.07 Å². The van der Waals surface area contributed by atoms with E-state index < -0.39 is 0 Å². The lowest BCUT2D eigenvalue weighted by molar-refractivity contribution is 0.0740. The van der Waals surface area contributed by atoms with Gasteiger partial charge < -0.3 is 15.1 Å². The number of piperazine rings is 1. The minimum atomic E-state index is -0.0102. The molecular formula is C18H21N5O. The number of aromatic nitrogens is 2. The molecule has 1 amide bonds. The summed E-state index contributed by atoms with van der Waals surface area (Å²) in [4.78, 5) is 25.2. The Morgan fingerprint density at radius 2 is 1.79 bits per heavy atom. The molecule has 0 spiro atoms. The Bertz CT molecular complexity index is 708. The molecule has 6 heteroatoms. The highest BCUT2D eigenvalue weighted by atomic mass is 16.2. The summed E-state index contributed by atoms with van der Waals surface area (Å²) in [6.07, 6.45) is 3.82.